The number of hydrogen-bond donors (Lipinski definition) is 1. The van der Waals surface area contributed by atoms with E-state index in [1.165, 1.54) is 0 Å². The first-order chi connectivity index (χ1) is 10.2. The summed E-state index contributed by atoms with van der Waals surface area (Å²) in [7, 11) is 0. The van der Waals surface area contributed by atoms with E-state index in [0.717, 1.165) is 17.8 Å². The lowest BCUT2D eigenvalue weighted by Crippen LogP contribution is -2.26. The molecule has 6 heteroatoms. The number of rotatable bonds is 4. The van der Waals surface area contributed by atoms with Crippen LogP contribution in [0.25, 0.3) is 5.65 Å². The van der Waals surface area contributed by atoms with Crippen LogP contribution in [-0.2, 0) is 6.42 Å². The third-order valence-electron chi connectivity index (χ3n) is 3.36. The van der Waals surface area contributed by atoms with E-state index in [1.54, 1.807) is 24.7 Å². The van der Waals surface area contributed by atoms with Gasteiger partial charge in [-0.1, -0.05) is 12.1 Å². The van der Waals surface area contributed by atoms with Crippen molar-refractivity contribution in [3.8, 4) is 0 Å². The standard InChI is InChI=1S/C15H16N4O2/c1-3-12-8-13(21-18-12)10(2)17-15(20)11-4-5-14-16-6-7-19(14)9-11/h4-10H,3H2,1-2H3,(H,17,20)/t10-/m1/s1. The van der Waals surface area contributed by atoms with Crippen LogP contribution < -0.4 is 5.32 Å². The van der Waals surface area contributed by atoms with Crippen molar-refractivity contribution in [3.05, 3.63) is 53.8 Å². The number of carbonyl (C=O) groups excluding carboxylic acids is 1. The highest BCUT2D eigenvalue weighted by Crippen LogP contribution is 2.15. The minimum Gasteiger partial charge on any atom is -0.359 e. The Labute approximate surface area is 121 Å². The van der Waals surface area contributed by atoms with Gasteiger partial charge in [-0.3, -0.25) is 4.79 Å². The highest BCUT2D eigenvalue weighted by Gasteiger charge is 2.16. The van der Waals surface area contributed by atoms with E-state index in [9.17, 15) is 4.79 Å². The van der Waals surface area contributed by atoms with E-state index in [1.807, 2.05) is 30.4 Å². The van der Waals surface area contributed by atoms with E-state index >= 15 is 0 Å². The van der Waals surface area contributed by atoms with Gasteiger partial charge in [0.1, 0.15) is 5.65 Å². The van der Waals surface area contributed by atoms with Crippen molar-refractivity contribution in [2.45, 2.75) is 26.3 Å². The molecule has 0 aliphatic heterocycles. The molecule has 108 valence electrons. The average Bonchev–Trinajstić information content (AvgIpc) is 3.15. The van der Waals surface area contributed by atoms with Gasteiger partial charge in [-0.15, -0.1) is 0 Å². The average molecular weight is 284 g/mol. The van der Waals surface area contributed by atoms with E-state index in [2.05, 4.69) is 15.5 Å². The largest absolute Gasteiger partial charge is 0.359 e. The minimum atomic E-state index is -0.233. The van der Waals surface area contributed by atoms with Crippen molar-refractivity contribution in [1.29, 1.82) is 0 Å². The molecular formula is C15H16N4O2. The summed E-state index contributed by atoms with van der Waals surface area (Å²) in [6, 6.07) is 5.19. The molecule has 3 rings (SSSR count). The number of pyridine rings is 1. The quantitative estimate of drug-likeness (QED) is 0.798. The van der Waals surface area contributed by atoms with Gasteiger partial charge in [-0.2, -0.15) is 0 Å². The topological polar surface area (TPSA) is 72.4 Å². The van der Waals surface area contributed by atoms with Crippen LogP contribution in [0.3, 0.4) is 0 Å². The summed E-state index contributed by atoms with van der Waals surface area (Å²) in [6.45, 7) is 3.87. The van der Waals surface area contributed by atoms with Crippen molar-refractivity contribution in [2.75, 3.05) is 0 Å². The van der Waals surface area contributed by atoms with Crippen LogP contribution >= 0.6 is 0 Å². The van der Waals surface area contributed by atoms with Gasteiger partial charge in [0.25, 0.3) is 5.91 Å². The molecular weight excluding hydrogens is 268 g/mol. The molecule has 0 fully saturated rings. The highest BCUT2D eigenvalue weighted by atomic mass is 16.5. The first kappa shape index (κ1) is 13.4. The number of fused-ring (bicyclic) bond motifs is 1. The van der Waals surface area contributed by atoms with Crippen molar-refractivity contribution in [3.63, 3.8) is 0 Å². The Morgan fingerprint density at radius 3 is 3.10 bits per heavy atom. The Morgan fingerprint density at radius 1 is 1.48 bits per heavy atom. The molecule has 0 aromatic carbocycles. The van der Waals surface area contributed by atoms with E-state index in [0.29, 0.717) is 11.3 Å². The Balaban J connectivity index is 1.75. The zero-order valence-electron chi connectivity index (χ0n) is 11.9. The number of carbonyl (C=O) groups is 1. The number of aryl methyl sites for hydroxylation is 1. The lowest BCUT2D eigenvalue weighted by molar-refractivity contribution is 0.0933. The van der Waals surface area contributed by atoms with Gasteiger partial charge in [-0.25, -0.2) is 4.98 Å². The lowest BCUT2D eigenvalue weighted by Gasteiger charge is -2.10. The van der Waals surface area contributed by atoms with Crippen LogP contribution in [0.5, 0.6) is 0 Å². The van der Waals surface area contributed by atoms with Gasteiger partial charge in [0, 0.05) is 24.7 Å². The molecule has 3 aromatic rings. The zero-order chi connectivity index (χ0) is 14.8. The zero-order valence-corrected chi connectivity index (χ0v) is 11.9. The molecule has 1 amide bonds. The van der Waals surface area contributed by atoms with E-state index in [-0.39, 0.29) is 11.9 Å². The van der Waals surface area contributed by atoms with Gasteiger partial charge < -0.3 is 14.2 Å². The maximum Gasteiger partial charge on any atom is 0.253 e. The smallest absolute Gasteiger partial charge is 0.253 e. The predicted octanol–water partition coefficient (Wildman–Crippen LogP) is 2.38. The van der Waals surface area contributed by atoms with Crippen molar-refractivity contribution >= 4 is 11.6 Å². The molecule has 1 atom stereocenters. The van der Waals surface area contributed by atoms with Gasteiger partial charge >= 0.3 is 0 Å². The maximum absolute atomic E-state index is 12.3. The second kappa shape index (κ2) is 5.40. The second-order valence-electron chi connectivity index (χ2n) is 4.88. The highest BCUT2D eigenvalue weighted by molar-refractivity contribution is 5.94. The third-order valence-corrected chi connectivity index (χ3v) is 3.36. The van der Waals surface area contributed by atoms with Crippen molar-refractivity contribution < 1.29 is 9.32 Å². The Hall–Kier alpha value is -2.63. The fraction of sp³-hybridized carbons (Fsp3) is 0.267. The molecule has 0 aliphatic carbocycles. The van der Waals surface area contributed by atoms with Gasteiger partial charge in [-0.05, 0) is 25.5 Å². The number of aromatic nitrogens is 3. The fourth-order valence-electron chi connectivity index (χ4n) is 2.10. The molecule has 0 bridgehead atoms. The summed E-state index contributed by atoms with van der Waals surface area (Å²) in [4.78, 5) is 16.4. The number of amides is 1. The number of imidazole rings is 1. The van der Waals surface area contributed by atoms with Crippen LogP contribution in [0.15, 0.2) is 41.3 Å². The van der Waals surface area contributed by atoms with E-state index < -0.39 is 0 Å². The molecule has 21 heavy (non-hydrogen) atoms. The Kier molecular flexibility index (Phi) is 3.43. The van der Waals surface area contributed by atoms with Crippen LogP contribution in [0.1, 0.15) is 41.7 Å². The summed E-state index contributed by atoms with van der Waals surface area (Å²) >= 11 is 0. The van der Waals surface area contributed by atoms with E-state index in [4.69, 9.17) is 4.52 Å². The molecule has 1 N–H and O–H groups in total. The fourth-order valence-corrected chi connectivity index (χ4v) is 2.10. The summed E-state index contributed by atoms with van der Waals surface area (Å²) in [5.41, 5.74) is 2.26. The third kappa shape index (κ3) is 2.65. The molecule has 0 spiro atoms. The predicted molar refractivity (Wildman–Crippen MR) is 77.0 cm³/mol. The number of hydrogen-bond acceptors (Lipinski definition) is 4. The normalized spacial score (nSPS) is 12.5. The molecule has 0 aliphatic rings. The monoisotopic (exact) mass is 284 g/mol. The first-order valence-electron chi connectivity index (χ1n) is 6.86. The lowest BCUT2D eigenvalue weighted by atomic mass is 10.2. The van der Waals surface area contributed by atoms with Gasteiger partial charge in [0.15, 0.2) is 5.76 Å². The molecule has 0 radical (unpaired) electrons. The molecule has 6 nitrogen and oxygen atoms in total. The van der Waals surface area contributed by atoms with Gasteiger partial charge in [0.2, 0.25) is 0 Å². The van der Waals surface area contributed by atoms with Crippen molar-refractivity contribution in [2.24, 2.45) is 0 Å². The number of nitrogens with zero attached hydrogens (tertiary/aromatic N) is 3. The molecule has 3 heterocycles. The Bertz CT molecular complexity index is 775. The second-order valence-corrected chi connectivity index (χ2v) is 4.88. The summed E-state index contributed by atoms with van der Waals surface area (Å²) in [5, 5.41) is 6.83. The van der Waals surface area contributed by atoms with Crippen molar-refractivity contribution in [1.82, 2.24) is 19.9 Å². The SMILES string of the molecule is CCc1cc([C@@H](C)NC(=O)c2ccc3nccn3c2)on1. The van der Waals surface area contributed by atoms with Crippen LogP contribution in [-0.4, -0.2) is 20.4 Å². The molecule has 3 aromatic heterocycles. The summed E-state index contributed by atoms with van der Waals surface area (Å²) in [6.07, 6.45) is 6.06. The van der Waals surface area contributed by atoms with Gasteiger partial charge in [0.05, 0.1) is 17.3 Å². The van der Waals surface area contributed by atoms with Crippen LogP contribution in [0.4, 0.5) is 0 Å². The first-order valence-corrected chi connectivity index (χ1v) is 6.86. The summed E-state index contributed by atoms with van der Waals surface area (Å²) in [5.74, 6) is 0.497. The molecule has 0 saturated heterocycles. The number of nitrogens with one attached hydrogen (secondary N) is 1. The minimum absolute atomic E-state index is 0.160. The Morgan fingerprint density at radius 2 is 2.33 bits per heavy atom. The summed E-state index contributed by atoms with van der Waals surface area (Å²) < 4.78 is 7.04. The molecule has 0 unspecified atom stereocenters. The maximum atomic E-state index is 12.3. The van der Waals surface area contributed by atoms with Crippen LogP contribution in [0, 0.1) is 0 Å². The molecule has 0 saturated carbocycles. The van der Waals surface area contributed by atoms with Crippen LogP contribution in [0.2, 0.25) is 0 Å².